The van der Waals surface area contributed by atoms with Crippen molar-refractivity contribution >= 4 is 29.3 Å². The topological polar surface area (TPSA) is 107 Å². The van der Waals surface area contributed by atoms with Gasteiger partial charge in [0.15, 0.2) is 0 Å². The molecule has 0 aliphatic carbocycles. The van der Waals surface area contributed by atoms with Gasteiger partial charge in [0.05, 0.1) is 17.4 Å². The first-order valence-corrected chi connectivity index (χ1v) is 12.7. The maximum atomic E-state index is 12.3. The molecule has 9 nitrogen and oxygen atoms in total. The van der Waals surface area contributed by atoms with Crippen LogP contribution in [0.15, 0.2) is 59.8 Å². The minimum Gasteiger partial charge on any atom is -0.444 e. The number of piperazine rings is 1. The van der Waals surface area contributed by atoms with Crippen molar-refractivity contribution in [1.82, 2.24) is 29.7 Å². The highest BCUT2D eigenvalue weighted by Gasteiger charge is 2.25. The monoisotopic (exact) mass is 512 g/mol. The Kier molecular flexibility index (Phi) is 7.11. The number of fused-ring (bicyclic) bond motifs is 1. The summed E-state index contributed by atoms with van der Waals surface area (Å²) in [5.74, 6) is 0. The van der Waals surface area contributed by atoms with E-state index in [-0.39, 0.29) is 11.7 Å². The highest BCUT2D eigenvalue weighted by molar-refractivity contribution is 5.82. The molecule has 0 unspecified atom stereocenters. The van der Waals surface area contributed by atoms with Crippen molar-refractivity contribution in [3.63, 3.8) is 0 Å². The maximum Gasteiger partial charge on any atom is 0.410 e. The smallest absolute Gasteiger partial charge is 0.410 e. The third-order valence-corrected chi connectivity index (χ3v) is 6.38. The number of hydrogen-bond donors (Lipinski definition) is 2. The Morgan fingerprint density at radius 3 is 2.50 bits per heavy atom. The van der Waals surface area contributed by atoms with Gasteiger partial charge in [-0.15, -0.1) is 0 Å². The van der Waals surface area contributed by atoms with E-state index in [0.717, 1.165) is 42.1 Å². The molecule has 5 rings (SSSR count). The van der Waals surface area contributed by atoms with Crippen LogP contribution >= 0.6 is 0 Å². The summed E-state index contributed by atoms with van der Waals surface area (Å²) < 4.78 is 5.49. The van der Waals surface area contributed by atoms with Crippen LogP contribution in [-0.2, 0) is 11.3 Å². The summed E-state index contributed by atoms with van der Waals surface area (Å²) in [7, 11) is 0. The molecule has 1 aliphatic heterocycles. The number of rotatable bonds is 5. The molecule has 9 heteroatoms. The van der Waals surface area contributed by atoms with Gasteiger partial charge in [0, 0.05) is 50.2 Å². The van der Waals surface area contributed by atoms with Crippen LogP contribution in [0.2, 0.25) is 0 Å². The van der Waals surface area contributed by atoms with Crippen molar-refractivity contribution in [3.8, 4) is 11.3 Å². The van der Waals surface area contributed by atoms with Crippen molar-refractivity contribution in [2.45, 2.75) is 32.9 Å². The van der Waals surface area contributed by atoms with E-state index in [1.807, 2.05) is 45.1 Å². The molecule has 4 heterocycles. The first-order chi connectivity index (χ1) is 18.2. The van der Waals surface area contributed by atoms with Gasteiger partial charge in [0.25, 0.3) is 5.56 Å². The van der Waals surface area contributed by atoms with Gasteiger partial charge in [-0.05, 0) is 56.2 Å². The van der Waals surface area contributed by atoms with Crippen molar-refractivity contribution in [2.75, 3.05) is 26.2 Å². The van der Waals surface area contributed by atoms with Gasteiger partial charge in [-0.1, -0.05) is 30.3 Å². The standard InChI is InChI=1S/C29H32N6O3/c1-29(2,3)38-28(37)35-14-12-34(13-15-35)18-21-6-4-20(5-7-21)8-9-23-16-22(10-11-30-23)25-17-24-26(33-25)31-19-32-27(24)36/h4-11,16-17,19H,12-15,18H2,1-3H3,(H2,31,32,33,36)/b9-8+. The highest BCUT2D eigenvalue weighted by atomic mass is 16.6. The second-order valence-corrected chi connectivity index (χ2v) is 10.5. The first-order valence-electron chi connectivity index (χ1n) is 12.7. The van der Waals surface area contributed by atoms with Crippen LogP contribution in [-0.4, -0.2) is 67.6 Å². The zero-order chi connectivity index (χ0) is 26.7. The molecular weight excluding hydrogens is 480 g/mol. The summed E-state index contributed by atoms with van der Waals surface area (Å²) in [5.41, 5.74) is 4.79. The Labute approximate surface area is 221 Å². The molecule has 0 radical (unpaired) electrons. The summed E-state index contributed by atoms with van der Waals surface area (Å²) in [4.78, 5) is 42.9. The minimum absolute atomic E-state index is 0.168. The van der Waals surface area contributed by atoms with Crippen molar-refractivity contribution in [3.05, 3.63) is 82.2 Å². The highest BCUT2D eigenvalue weighted by Crippen LogP contribution is 2.22. The van der Waals surface area contributed by atoms with Crippen molar-refractivity contribution < 1.29 is 9.53 Å². The Morgan fingerprint density at radius 2 is 1.79 bits per heavy atom. The average Bonchev–Trinajstić information content (AvgIpc) is 3.34. The molecule has 196 valence electrons. The number of hydrogen-bond acceptors (Lipinski definition) is 6. The normalized spacial score (nSPS) is 14.9. The Balaban J connectivity index is 1.17. The van der Waals surface area contributed by atoms with Crippen LogP contribution in [0.1, 0.15) is 37.6 Å². The van der Waals surface area contributed by atoms with Crippen LogP contribution < -0.4 is 5.56 Å². The number of aromatic amines is 2. The molecule has 1 saturated heterocycles. The zero-order valence-electron chi connectivity index (χ0n) is 21.9. The summed E-state index contributed by atoms with van der Waals surface area (Å²) in [5, 5.41) is 0.529. The summed E-state index contributed by atoms with van der Waals surface area (Å²) >= 11 is 0. The Hall–Kier alpha value is -4.24. The predicted octanol–water partition coefficient (Wildman–Crippen LogP) is 4.54. The lowest BCUT2D eigenvalue weighted by Gasteiger charge is -2.35. The van der Waals surface area contributed by atoms with Crippen LogP contribution in [0.4, 0.5) is 4.79 Å². The number of carbonyl (C=O) groups excluding carboxylic acids is 1. The molecule has 0 spiro atoms. The fraction of sp³-hybridized carbons (Fsp3) is 0.310. The molecule has 1 aromatic carbocycles. The van der Waals surface area contributed by atoms with Crippen LogP contribution in [0.25, 0.3) is 34.4 Å². The van der Waals surface area contributed by atoms with Gasteiger partial charge in [-0.25, -0.2) is 9.78 Å². The van der Waals surface area contributed by atoms with Gasteiger partial charge in [0.2, 0.25) is 0 Å². The largest absolute Gasteiger partial charge is 0.444 e. The average molecular weight is 513 g/mol. The van der Waals surface area contributed by atoms with E-state index < -0.39 is 5.60 Å². The molecule has 0 atom stereocenters. The second kappa shape index (κ2) is 10.6. The lowest BCUT2D eigenvalue weighted by molar-refractivity contribution is 0.0139. The number of carbonyl (C=O) groups is 1. The molecular formula is C29H32N6O3. The quantitative estimate of drug-likeness (QED) is 0.407. The summed E-state index contributed by atoms with van der Waals surface area (Å²) in [6.45, 7) is 9.51. The van der Waals surface area contributed by atoms with Gasteiger partial charge in [-0.2, -0.15) is 0 Å². The predicted molar refractivity (Wildman–Crippen MR) is 148 cm³/mol. The lowest BCUT2D eigenvalue weighted by atomic mass is 10.1. The van der Waals surface area contributed by atoms with Gasteiger partial charge in [0.1, 0.15) is 11.2 Å². The number of benzene rings is 1. The molecule has 4 aromatic rings. The van der Waals surface area contributed by atoms with Crippen LogP contribution in [0, 0.1) is 0 Å². The van der Waals surface area contributed by atoms with E-state index in [0.29, 0.717) is 24.1 Å². The number of aromatic nitrogens is 4. The fourth-order valence-electron chi connectivity index (χ4n) is 4.40. The second-order valence-electron chi connectivity index (χ2n) is 10.5. The SMILES string of the molecule is CC(C)(C)OC(=O)N1CCN(Cc2ccc(/C=C/c3cc(-c4cc5c(=O)[nH]cnc5[nH]4)ccn3)cc2)CC1. The number of nitrogens with one attached hydrogen (secondary N) is 2. The van der Waals surface area contributed by atoms with Crippen LogP contribution in [0.5, 0.6) is 0 Å². The van der Waals surface area contributed by atoms with E-state index >= 15 is 0 Å². The van der Waals surface area contributed by atoms with E-state index in [1.165, 1.54) is 11.9 Å². The molecule has 1 amide bonds. The molecule has 1 aliphatic rings. The van der Waals surface area contributed by atoms with Crippen molar-refractivity contribution in [1.29, 1.82) is 0 Å². The minimum atomic E-state index is -0.472. The van der Waals surface area contributed by atoms with E-state index in [9.17, 15) is 9.59 Å². The summed E-state index contributed by atoms with van der Waals surface area (Å²) in [6, 6.07) is 14.2. The fourth-order valence-corrected chi connectivity index (χ4v) is 4.40. The molecule has 0 saturated carbocycles. The van der Waals surface area contributed by atoms with E-state index in [2.05, 4.69) is 49.1 Å². The number of pyridine rings is 1. The molecule has 2 N–H and O–H groups in total. The molecule has 38 heavy (non-hydrogen) atoms. The number of nitrogens with zero attached hydrogens (tertiary/aromatic N) is 4. The van der Waals surface area contributed by atoms with E-state index in [4.69, 9.17) is 4.74 Å². The number of ether oxygens (including phenoxy) is 1. The zero-order valence-corrected chi connectivity index (χ0v) is 21.9. The van der Waals surface area contributed by atoms with Crippen molar-refractivity contribution in [2.24, 2.45) is 0 Å². The van der Waals surface area contributed by atoms with Crippen LogP contribution in [0.3, 0.4) is 0 Å². The first kappa shape index (κ1) is 25.4. The lowest BCUT2D eigenvalue weighted by Crippen LogP contribution is -2.49. The third kappa shape index (κ3) is 6.18. The molecule has 1 fully saturated rings. The van der Waals surface area contributed by atoms with Gasteiger partial charge >= 0.3 is 6.09 Å². The summed E-state index contributed by atoms with van der Waals surface area (Å²) in [6.07, 6.45) is 6.92. The van der Waals surface area contributed by atoms with Gasteiger partial charge in [-0.3, -0.25) is 14.7 Å². The van der Waals surface area contributed by atoms with E-state index in [1.54, 1.807) is 17.2 Å². The Morgan fingerprint density at radius 1 is 1.03 bits per heavy atom. The number of amides is 1. The molecule has 3 aromatic heterocycles. The Bertz CT molecular complexity index is 1510. The maximum absolute atomic E-state index is 12.3. The molecule has 0 bridgehead atoms. The van der Waals surface area contributed by atoms with Gasteiger partial charge < -0.3 is 19.6 Å². The third-order valence-electron chi connectivity index (χ3n) is 6.38. The number of H-pyrrole nitrogens is 2.